The number of fused-ring (bicyclic) bond motifs is 20. The minimum absolute atomic E-state index is 0.353. The lowest BCUT2D eigenvalue weighted by molar-refractivity contribution is 0.455. The normalized spacial score (nSPS) is 12.7. The van der Waals surface area contributed by atoms with Crippen molar-refractivity contribution in [1.82, 2.24) is 18.3 Å². The Hall–Kier alpha value is -11.5. The van der Waals surface area contributed by atoms with Gasteiger partial charge in [-0.3, -0.25) is 0 Å². The van der Waals surface area contributed by atoms with Gasteiger partial charge < -0.3 is 27.1 Å². The Labute approximate surface area is 526 Å². The van der Waals surface area contributed by atoms with Gasteiger partial charge in [0.15, 0.2) is 0 Å². The number of rotatable bonds is 8. The standard InChI is InChI=1S/C84H56F2N4O2/c1-83(2,89-63-31-15-5-21-53(63)54-22-6-16-32-64(54)89)79-73(49-37-41-51(85)42-38-49)81(87-61-29-13-9-25-57(61)75-67(87)45-47-71-77(75)59-27-11-19-35-69(59)91-71)80(84(3,4)90-65-33-17-7-23-55(65)56-24-8-18-34-66(56)90)82(74(79)50-39-43-52(86)44-40-50)88-62-30-14-10-26-58(62)76-68(88)46-48-72-78(76)60-28-12-20-36-70(60)92-72/h5-48H,1-4H3. The van der Waals surface area contributed by atoms with Crippen LogP contribution in [0, 0.1) is 11.6 Å². The second-order valence-electron chi connectivity index (χ2n) is 25.6. The van der Waals surface area contributed by atoms with E-state index in [1.54, 1.807) is 24.3 Å². The Morgan fingerprint density at radius 1 is 0.261 bits per heavy atom. The van der Waals surface area contributed by atoms with Crippen LogP contribution in [-0.4, -0.2) is 18.3 Å². The van der Waals surface area contributed by atoms with Crippen LogP contribution in [0.5, 0.6) is 0 Å². The number of nitrogens with zero attached hydrogens (tertiary/aromatic N) is 4. The Morgan fingerprint density at radius 3 is 0.935 bits per heavy atom. The quantitative estimate of drug-likeness (QED) is 0.152. The minimum atomic E-state index is -1.04. The van der Waals surface area contributed by atoms with Crippen LogP contribution in [0.4, 0.5) is 8.78 Å². The summed E-state index contributed by atoms with van der Waals surface area (Å²) in [7, 11) is 0. The Kier molecular flexibility index (Phi) is 10.8. The molecule has 92 heavy (non-hydrogen) atoms. The summed E-state index contributed by atoms with van der Waals surface area (Å²) in [6, 6.07) is 92.1. The molecule has 0 bridgehead atoms. The lowest BCUT2D eigenvalue weighted by Crippen LogP contribution is -2.35. The third kappa shape index (κ3) is 7.06. The number of hydrogen-bond donors (Lipinski definition) is 0. The summed E-state index contributed by atoms with van der Waals surface area (Å²) in [5.41, 5.74) is 16.2. The van der Waals surface area contributed by atoms with Crippen LogP contribution in [0.1, 0.15) is 38.8 Å². The van der Waals surface area contributed by atoms with E-state index < -0.39 is 11.1 Å². The fourth-order valence-corrected chi connectivity index (χ4v) is 16.5. The number of benzene rings is 13. The monoisotopic (exact) mass is 1190 g/mol. The van der Waals surface area contributed by atoms with Crippen molar-refractivity contribution in [2.75, 3.05) is 0 Å². The van der Waals surface area contributed by atoms with Crippen molar-refractivity contribution < 1.29 is 17.6 Å². The first kappa shape index (κ1) is 52.5. The van der Waals surface area contributed by atoms with Crippen molar-refractivity contribution in [2.24, 2.45) is 0 Å². The maximum atomic E-state index is 16.3. The zero-order valence-corrected chi connectivity index (χ0v) is 50.8. The summed E-state index contributed by atoms with van der Waals surface area (Å²) in [5.74, 6) is -0.705. The van der Waals surface area contributed by atoms with E-state index in [1.807, 2.05) is 36.4 Å². The molecule has 8 heteroatoms. The average Bonchev–Trinajstić information content (AvgIpc) is 1.40. The van der Waals surface area contributed by atoms with Crippen molar-refractivity contribution in [2.45, 2.75) is 38.8 Å². The number of furan rings is 2. The second kappa shape index (κ2) is 19.0. The molecule has 0 aliphatic carbocycles. The summed E-state index contributed by atoms with van der Waals surface area (Å²) in [6.45, 7) is 9.43. The van der Waals surface area contributed by atoms with Gasteiger partial charge in [0.2, 0.25) is 0 Å². The second-order valence-corrected chi connectivity index (χ2v) is 25.6. The largest absolute Gasteiger partial charge is 0.456 e. The molecular formula is C84H56F2N4O2. The average molecular weight is 1190 g/mol. The molecule has 0 fully saturated rings. The molecule has 0 atom stereocenters. The zero-order chi connectivity index (χ0) is 61.5. The summed E-state index contributed by atoms with van der Waals surface area (Å²) >= 11 is 0. The molecule has 6 aromatic heterocycles. The molecular weight excluding hydrogens is 1130 g/mol. The van der Waals surface area contributed by atoms with E-state index in [1.165, 1.54) is 0 Å². The van der Waals surface area contributed by atoms with Crippen LogP contribution >= 0.6 is 0 Å². The molecule has 0 aliphatic rings. The molecule has 0 amide bonds. The fraction of sp³-hybridized carbons (Fsp3) is 0.0714. The highest BCUT2D eigenvalue weighted by Crippen LogP contribution is 2.58. The highest BCUT2D eigenvalue weighted by Gasteiger charge is 2.44. The number of halogens is 2. The van der Waals surface area contributed by atoms with Crippen LogP contribution in [0.2, 0.25) is 0 Å². The highest BCUT2D eigenvalue weighted by molar-refractivity contribution is 6.29. The van der Waals surface area contributed by atoms with Crippen LogP contribution in [-0.2, 0) is 11.1 Å². The molecule has 19 aromatic rings. The van der Waals surface area contributed by atoms with Gasteiger partial charge >= 0.3 is 0 Å². The molecule has 13 aromatic carbocycles. The number of aromatic nitrogens is 4. The molecule has 0 saturated carbocycles. The van der Waals surface area contributed by atoms with E-state index in [2.05, 4.69) is 252 Å². The van der Waals surface area contributed by atoms with E-state index >= 15 is 8.78 Å². The van der Waals surface area contributed by atoms with E-state index in [0.717, 1.165) is 176 Å². The number of para-hydroxylation sites is 8. The lowest BCUT2D eigenvalue weighted by atomic mass is 9.74. The SMILES string of the molecule is CC(C)(c1c(-c2ccc(F)cc2)c(-n2c3ccccc3c3c4c(ccc32)oc2ccccc24)c(C(C)(C)n2c3ccccc3c3ccccc32)c(-n2c3ccccc3c3c4c(ccc32)oc2ccccc24)c1-c1ccc(F)cc1)n1c2ccccc2c2ccccc21. The van der Waals surface area contributed by atoms with Gasteiger partial charge in [-0.2, -0.15) is 0 Å². The van der Waals surface area contributed by atoms with Crippen molar-refractivity contribution in [1.29, 1.82) is 0 Å². The molecule has 0 spiro atoms. The Balaban J connectivity index is 1.16. The summed E-state index contributed by atoms with van der Waals surface area (Å²) < 4.78 is 56.4. The van der Waals surface area contributed by atoms with Gasteiger partial charge in [0.25, 0.3) is 0 Å². The molecule has 0 radical (unpaired) electrons. The van der Waals surface area contributed by atoms with E-state index in [-0.39, 0.29) is 11.6 Å². The van der Waals surface area contributed by atoms with Crippen molar-refractivity contribution in [3.63, 3.8) is 0 Å². The maximum absolute atomic E-state index is 16.3. The zero-order valence-electron chi connectivity index (χ0n) is 50.8. The molecule has 0 aliphatic heterocycles. The Morgan fingerprint density at radius 2 is 0.565 bits per heavy atom. The third-order valence-electron chi connectivity index (χ3n) is 20.0. The van der Waals surface area contributed by atoms with Gasteiger partial charge in [-0.15, -0.1) is 0 Å². The van der Waals surface area contributed by atoms with E-state index in [0.29, 0.717) is 0 Å². The van der Waals surface area contributed by atoms with Gasteiger partial charge in [0.05, 0.1) is 44.5 Å². The van der Waals surface area contributed by atoms with Crippen LogP contribution in [0.25, 0.3) is 165 Å². The molecule has 6 heterocycles. The van der Waals surface area contributed by atoms with E-state index in [4.69, 9.17) is 8.83 Å². The lowest BCUT2D eigenvalue weighted by Gasteiger charge is -2.41. The van der Waals surface area contributed by atoms with Gasteiger partial charge in [0.1, 0.15) is 34.0 Å². The van der Waals surface area contributed by atoms with Crippen LogP contribution in [0.15, 0.2) is 276 Å². The first-order valence-corrected chi connectivity index (χ1v) is 31.5. The summed E-state index contributed by atoms with van der Waals surface area (Å²) in [4.78, 5) is 0. The molecule has 19 rings (SSSR count). The van der Waals surface area contributed by atoms with E-state index in [9.17, 15) is 0 Å². The van der Waals surface area contributed by atoms with Crippen molar-refractivity contribution >= 4 is 131 Å². The smallest absolute Gasteiger partial charge is 0.136 e. The first-order chi connectivity index (χ1) is 45.0. The first-order valence-electron chi connectivity index (χ1n) is 31.5. The van der Waals surface area contributed by atoms with Crippen molar-refractivity contribution in [3.8, 4) is 33.6 Å². The fourth-order valence-electron chi connectivity index (χ4n) is 16.5. The third-order valence-corrected chi connectivity index (χ3v) is 20.0. The van der Waals surface area contributed by atoms with Crippen LogP contribution < -0.4 is 0 Å². The highest BCUT2D eigenvalue weighted by atomic mass is 19.1. The van der Waals surface area contributed by atoms with Gasteiger partial charge in [-0.1, -0.05) is 170 Å². The molecule has 0 unspecified atom stereocenters. The predicted molar refractivity (Wildman–Crippen MR) is 376 cm³/mol. The van der Waals surface area contributed by atoms with Gasteiger partial charge in [-0.05, 0) is 141 Å². The summed E-state index contributed by atoms with van der Waals surface area (Å²) in [6.07, 6.45) is 0. The Bertz CT molecular complexity index is 5980. The molecule has 6 nitrogen and oxygen atoms in total. The number of hydrogen-bond acceptors (Lipinski definition) is 2. The van der Waals surface area contributed by atoms with Crippen molar-refractivity contribution in [3.05, 3.63) is 290 Å². The van der Waals surface area contributed by atoms with Gasteiger partial charge in [-0.25, -0.2) is 8.78 Å². The molecule has 0 N–H and O–H groups in total. The molecule has 0 saturated heterocycles. The van der Waals surface area contributed by atoms with Crippen LogP contribution in [0.3, 0.4) is 0 Å². The summed E-state index contributed by atoms with van der Waals surface area (Å²) in [5, 5.41) is 12.7. The maximum Gasteiger partial charge on any atom is 0.136 e. The predicted octanol–water partition coefficient (Wildman–Crippen LogP) is 23.1. The molecule has 438 valence electrons. The topological polar surface area (TPSA) is 46.0 Å². The van der Waals surface area contributed by atoms with Gasteiger partial charge in [0, 0.05) is 103 Å². The minimum Gasteiger partial charge on any atom is -0.456 e.